The van der Waals surface area contributed by atoms with Crippen LogP contribution in [0.3, 0.4) is 0 Å². The number of nitrogens with zero attached hydrogens (tertiary/aromatic N) is 1. The van der Waals surface area contributed by atoms with Gasteiger partial charge in [0.2, 0.25) is 5.91 Å². The molecule has 0 aliphatic rings. The molecule has 0 aliphatic heterocycles. The number of non-ortho nitro benzene ring substituents is 1. The van der Waals surface area contributed by atoms with E-state index in [0.717, 1.165) is 11.1 Å². The van der Waals surface area contributed by atoms with Gasteiger partial charge in [-0.3, -0.25) is 14.9 Å². The summed E-state index contributed by atoms with van der Waals surface area (Å²) >= 11 is 0. The molecule has 0 radical (unpaired) electrons. The maximum Gasteiger partial charge on any atom is 0.408 e. The summed E-state index contributed by atoms with van der Waals surface area (Å²) in [6.07, 6.45) is -0.666. The number of hydrogen-bond acceptors (Lipinski definition) is 6. The molecule has 3 aromatic rings. The number of nitrogens with one attached hydrogen (secondary N) is 2. The van der Waals surface area contributed by atoms with Crippen molar-refractivity contribution in [1.82, 2.24) is 5.32 Å². The van der Waals surface area contributed by atoms with Crippen LogP contribution in [0, 0.1) is 17.0 Å². The molecule has 176 valence electrons. The molecule has 2 N–H and O–H groups in total. The lowest BCUT2D eigenvalue weighted by molar-refractivity contribution is -0.384. The zero-order valence-corrected chi connectivity index (χ0v) is 18.8. The second-order valence-corrected chi connectivity index (χ2v) is 7.58. The highest BCUT2D eigenvalue weighted by Gasteiger charge is 2.24. The number of benzene rings is 3. The fourth-order valence-corrected chi connectivity index (χ4v) is 3.25. The molecule has 3 rings (SSSR count). The van der Waals surface area contributed by atoms with Gasteiger partial charge in [0.05, 0.1) is 17.7 Å². The first-order chi connectivity index (χ1) is 16.4. The largest absolute Gasteiger partial charge is 0.495 e. The van der Waals surface area contributed by atoms with E-state index in [-0.39, 0.29) is 18.7 Å². The minimum absolute atomic E-state index is 0.0459. The van der Waals surface area contributed by atoms with Crippen molar-refractivity contribution in [3.63, 3.8) is 0 Å². The number of hydrogen-bond donors (Lipinski definition) is 2. The van der Waals surface area contributed by atoms with Gasteiger partial charge in [0.15, 0.2) is 0 Å². The van der Waals surface area contributed by atoms with Crippen molar-refractivity contribution in [3.05, 3.63) is 99.6 Å². The first kappa shape index (κ1) is 24.2. The Bertz CT molecular complexity index is 1150. The number of alkyl carbamates (subject to hydrolysis) is 1. The molecular formula is C25H25N3O6. The monoisotopic (exact) mass is 463 g/mol. The second kappa shape index (κ2) is 11.5. The van der Waals surface area contributed by atoms with E-state index in [0.29, 0.717) is 17.0 Å². The molecule has 0 fully saturated rings. The molecule has 0 saturated carbocycles. The van der Waals surface area contributed by atoms with E-state index >= 15 is 0 Å². The van der Waals surface area contributed by atoms with Gasteiger partial charge in [0.1, 0.15) is 18.4 Å². The molecule has 9 nitrogen and oxygen atoms in total. The number of carbonyl (C=O) groups excluding carboxylic acids is 2. The van der Waals surface area contributed by atoms with Gasteiger partial charge < -0.3 is 20.1 Å². The first-order valence-electron chi connectivity index (χ1n) is 10.5. The lowest BCUT2D eigenvalue weighted by atomic mass is 10.0. The molecule has 0 aromatic heterocycles. The fourth-order valence-electron chi connectivity index (χ4n) is 3.25. The minimum atomic E-state index is -1.00. The molecule has 0 bridgehead atoms. The van der Waals surface area contributed by atoms with E-state index in [1.165, 1.54) is 19.2 Å². The molecule has 0 unspecified atom stereocenters. The Balaban J connectivity index is 1.76. The van der Waals surface area contributed by atoms with Crippen LogP contribution in [0.1, 0.15) is 16.7 Å². The lowest BCUT2D eigenvalue weighted by Crippen LogP contribution is -2.45. The van der Waals surface area contributed by atoms with E-state index in [1.807, 2.05) is 43.3 Å². The summed E-state index contributed by atoms with van der Waals surface area (Å²) in [7, 11) is 1.49. The summed E-state index contributed by atoms with van der Waals surface area (Å²) < 4.78 is 10.6. The zero-order valence-electron chi connectivity index (χ0n) is 18.8. The standard InChI is InChI=1S/C25H25N3O6/c1-17-8-13-23(33-2)21(14-17)26-24(29)22(15-18-9-11-20(12-10-18)28(31)32)27-25(30)34-16-19-6-4-3-5-7-19/h3-14,22H,15-16H2,1-2H3,(H,26,29)(H,27,30)/t22-/m0/s1. The average Bonchev–Trinajstić information content (AvgIpc) is 2.83. The molecule has 0 spiro atoms. The molecule has 9 heteroatoms. The Morgan fingerprint density at radius 2 is 1.71 bits per heavy atom. The topological polar surface area (TPSA) is 120 Å². The molecule has 0 aliphatic carbocycles. The number of carbonyl (C=O) groups is 2. The van der Waals surface area contributed by atoms with Crippen molar-refractivity contribution in [2.75, 3.05) is 12.4 Å². The third kappa shape index (κ3) is 6.80. The number of amides is 2. The van der Waals surface area contributed by atoms with Gasteiger partial charge in [-0.25, -0.2) is 4.79 Å². The number of nitro groups is 1. The molecular weight excluding hydrogens is 438 g/mol. The number of anilines is 1. The number of aryl methyl sites for hydroxylation is 1. The van der Waals surface area contributed by atoms with E-state index in [9.17, 15) is 19.7 Å². The predicted molar refractivity (Wildman–Crippen MR) is 127 cm³/mol. The smallest absolute Gasteiger partial charge is 0.408 e. The molecule has 0 saturated heterocycles. The SMILES string of the molecule is COc1ccc(C)cc1NC(=O)[C@H](Cc1ccc([N+](=O)[O-])cc1)NC(=O)OCc1ccccc1. The van der Waals surface area contributed by atoms with Crippen LogP contribution < -0.4 is 15.4 Å². The zero-order chi connectivity index (χ0) is 24.5. The Morgan fingerprint density at radius 1 is 1.00 bits per heavy atom. The third-order valence-corrected chi connectivity index (χ3v) is 5.02. The van der Waals surface area contributed by atoms with Gasteiger partial charge in [0, 0.05) is 18.6 Å². The van der Waals surface area contributed by atoms with Gasteiger partial charge in [-0.05, 0) is 35.7 Å². The van der Waals surface area contributed by atoms with Gasteiger partial charge in [-0.15, -0.1) is 0 Å². The third-order valence-electron chi connectivity index (χ3n) is 5.02. The molecule has 0 heterocycles. The summed E-state index contributed by atoms with van der Waals surface area (Å²) in [6, 6.07) is 19.3. The van der Waals surface area contributed by atoms with Crippen LogP contribution in [0.5, 0.6) is 5.75 Å². The van der Waals surface area contributed by atoms with Crippen LogP contribution in [-0.2, 0) is 22.6 Å². The van der Waals surface area contributed by atoms with Crippen molar-refractivity contribution < 1.29 is 24.0 Å². The van der Waals surface area contributed by atoms with Crippen molar-refractivity contribution in [3.8, 4) is 5.75 Å². The maximum atomic E-state index is 13.1. The Morgan fingerprint density at radius 3 is 2.35 bits per heavy atom. The predicted octanol–water partition coefficient (Wildman–Crippen LogP) is 4.39. The second-order valence-electron chi connectivity index (χ2n) is 7.58. The van der Waals surface area contributed by atoms with E-state index in [4.69, 9.17) is 9.47 Å². The molecule has 2 amide bonds. The van der Waals surface area contributed by atoms with Crippen LogP contribution in [-0.4, -0.2) is 30.1 Å². The normalized spacial score (nSPS) is 11.2. The number of methoxy groups -OCH3 is 1. The number of rotatable bonds is 9. The molecule has 34 heavy (non-hydrogen) atoms. The van der Waals surface area contributed by atoms with Crippen molar-refractivity contribution in [2.24, 2.45) is 0 Å². The summed E-state index contributed by atoms with van der Waals surface area (Å²) in [4.78, 5) is 36.0. The van der Waals surface area contributed by atoms with E-state index in [1.54, 1.807) is 24.3 Å². The Kier molecular flexibility index (Phi) is 8.17. The van der Waals surface area contributed by atoms with Crippen LogP contribution in [0.2, 0.25) is 0 Å². The quantitative estimate of drug-likeness (QED) is 0.359. The number of nitro benzene ring substituents is 1. The van der Waals surface area contributed by atoms with Crippen molar-refractivity contribution in [1.29, 1.82) is 0 Å². The highest BCUT2D eigenvalue weighted by Crippen LogP contribution is 2.25. The van der Waals surface area contributed by atoms with Crippen LogP contribution in [0.25, 0.3) is 0 Å². The maximum absolute atomic E-state index is 13.1. The van der Waals surface area contributed by atoms with Crippen molar-refractivity contribution in [2.45, 2.75) is 26.0 Å². The Labute approximate surface area is 196 Å². The van der Waals surface area contributed by atoms with Gasteiger partial charge in [-0.1, -0.05) is 48.5 Å². The van der Waals surface area contributed by atoms with Crippen LogP contribution in [0.4, 0.5) is 16.2 Å². The van der Waals surface area contributed by atoms with E-state index in [2.05, 4.69) is 10.6 Å². The molecule has 3 aromatic carbocycles. The Hall–Kier alpha value is -4.40. The highest BCUT2D eigenvalue weighted by molar-refractivity contribution is 5.98. The fraction of sp³-hybridized carbons (Fsp3) is 0.200. The van der Waals surface area contributed by atoms with E-state index < -0.39 is 23.0 Å². The first-order valence-corrected chi connectivity index (χ1v) is 10.5. The average molecular weight is 463 g/mol. The highest BCUT2D eigenvalue weighted by atomic mass is 16.6. The summed E-state index contributed by atoms with van der Waals surface area (Å²) in [6.45, 7) is 1.92. The minimum Gasteiger partial charge on any atom is -0.495 e. The summed E-state index contributed by atoms with van der Waals surface area (Å²) in [5.41, 5.74) is 2.74. The van der Waals surface area contributed by atoms with Gasteiger partial charge in [-0.2, -0.15) is 0 Å². The number of ether oxygens (including phenoxy) is 2. The summed E-state index contributed by atoms with van der Waals surface area (Å²) in [5.74, 6) is -0.0152. The van der Waals surface area contributed by atoms with Crippen LogP contribution in [0.15, 0.2) is 72.8 Å². The van der Waals surface area contributed by atoms with Gasteiger partial charge >= 0.3 is 6.09 Å². The molecule has 1 atom stereocenters. The van der Waals surface area contributed by atoms with Crippen LogP contribution >= 0.6 is 0 Å². The van der Waals surface area contributed by atoms with Gasteiger partial charge in [0.25, 0.3) is 5.69 Å². The lowest BCUT2D eigenvalue weighted by Gasteiger charge is -2.20. The van der Waals surface area contributed by atoms with Crippen molar-refractivity contribution >= 4 is 23.4 Å². The summed E-state index contributed by atoms with van der Waals surface area (Å²) in [5, 5.41) is 16.3.